The lowest BCUT2D eigenvalue weighted by Crippen LogP contribution is -2.36. The summed E-state index contributed by atoms with van der Waals surface area (Å²) in [4.78, 5) is 39.3. The topological polar surface area (TPSA) is 118 Å². The van der Waals surface area contributed by atoms with Crippen LogP contribution in [0.3, 0.4) is 0 Å². The molecular weight excluding hydrogens is 290 g/mol. The Kier molecular flexibility index (Phi) is 3.55. The number of imide groups is 1. The molecule has 9 heteroatoms. The molecule has 0 aromatic heterocycles. The van der Waals surface area contributed by atoms with Gasteiger partial charge in [-0.05, 0) is 12.1 Å². The van der Waals surface area contributed by atoms with Crippen molar-refractivity contribution in [2.24, 2.45) is 0 Å². The van der Waals surface area contributed by atoms with Crippen LogP contribution in [0.4, 0.5) is 0 Å². The van der Waals surface area contributed by atoms with Crippen molar-refractivity contribution in [3.63, 3.8) is 0 Å². The summed E-state index contributed by atoms with van der Waals surface area (Å²) in [6, 6.07) is 7.54. The molecule has 0 radical (unpaired) electrons. The van der Waals surface area contributed by atoms with Gasteiger partial charge in [-0.15, -0.1) is 5.06 Å². The van der Waals surface area contributed by atoms with Crippen LogP contribution in [0, 0.1) is 0 Å². The van der Waals surface area contributed by atoms with Gasteiger partial charge in [-0.2, -0.15) is 8.42 Å². The zero-order valence-electron chi connectivity index (χ0n) is 9.92. The summed E-state index contributed by atoms with van der Waals surface area (Å²) in [7, 11) is -4.72. The molecule has 8 nitrogen and oxygen atoms in total. The normalized spacial score (nSPS) is 19.2. The second kappa shape index (κ2) is 5.02. The maximum atomic E-state index is 11.7. The van der Waals surface area contributed by atoms with Crippen LogP contribution >= 0.6 is 0 Å². The Morgan fingerprint density at radius 1 is 1.25 bits per heavy atom. The van der Waals surface area contributed by atoms with Crippen molar-refractivity contribution in [3.8, 4) is 0 Å². The zero-order valence-corrected chi connectivity index (χ0v) is 10.7. The summed E-state index contributed by atoms with van der Waals surface area (Å²) in [5.74, 6) is -3.29. The Hall–Kier alpha value is -2.26. The van der Waals surface area contributed by atoms with E-state index in [1.165, 1.54) is 12.1 Å². The predicted molar refractivity (Wildman–Crippen MR) is 63.7 cm³/mol. The number of hydrogen-bond donors (Lipinski definition) is 1. The first kappa shape index (κ1) is 14.2. The third kappa shape index (κ3) is 2.68. The molecule has 1 aromatic carbocycles. The molecule has 0 saturated carbocycles. The molecule has 106 valence electrons. The SMILES string of the molecule is O=C(ON1C(=O)CC(S(=O)(=O)O)C1=O)c1ccccc1. The summed E-state index contributed by atoms with van der Waals surface area (Å²) < 4.78 is 30.6. The second-order valence-electron chi connectivity index (χ2n) is 3.98. The molecule has 2 amide bonds. The smallest absolute Gasteiger partial charge is 0.325 e. The number of carbonyl (C=O) groups is 3. The van der Waals surface area contributed by atoms with Gasteiger partial charge in [0.25, 0.3) is 21.9 Å². The van der Waals surface area contributed by atoms with E-state index in [-0.39, 0.29) is 10.6 Å². The molecule has 20 heavy (non-hydrogen) atoms. The van der Waals surface area contributed by atoms with Crippen LogP contribution in [0.5, 0.6) is 0 Å². The average molecular weight is 299 g/mol. The van der Waals surface area contributed by atoms with E-state index in [0.717, 1.165) is 0 Å². The number of benzene rings is 1. The summed E-state index contributed by atoms with van der Waals surface area (Å²) in [5, 5.41) is -1.87. The Labute approximate surface area is 113 Å². The molecule has 1 fully saturated rings. The van der Waals surface area contributed by atoms with E-state index in [0.29, 0.717) is 0 Å². The average Bonchev–Trinajstić information content (AvgIpc) is 2.67. The highest BCUT2D eigenvalue weighted by Gasteiger charge is 2.48. The molecule has 0 spiro atoms. The first-order chi connectivity index (χ1) is 9.30. The second-order valence-corrected chi connectivity index (χ2v) is 5.58. The van der Waals surface area contributed by atoms with Gasteiger partial charge in [0.15, 0.2) is 5.25 Å². The molecule has 0 bridgehead atoms. The van der Waals surface area contributed by atoms with Gasteiger partial charge in [0.05, 0.1) is 12.0 Å². The molecule has 2 rings (SSSR count). The number of amides is 2. The molecule has 1 unspecified atom stereocenters. The van der Waals surface area contributed by atoms with E-state index in [1.54, 1.807) is 18.2 Å². The fraction of sp³-hybridized carbons (Fsp3) is 0.182. The number of nitrogens with zero attached hydrogens (tertiary/aromatic N) is 1. The Balaban J connectivity index is 2.17. The quantitative estimate of drug-likeness (QED) is 0.605. The van der Waals surface area contributed by atoms with Gasteiger partial charge >= 0.3 is 5.97 Å². The van der Waals surface area contributed by atoms with Crippen molar-refractivity contribution < 1.29 is 32.2 Å². The van der Waals surface area contributed by atoms with Gasteiger partial charge in [-0.25, -0.2) is 4.79 Å². The fourth-order valence-corrected chi connectivity index (χ4v) is 2.32. The minimum Gasteiger partial charge on any atom is -0.325 e. The minimum atomic E-state index is -4.72. The van der Waals surface area contributed by atoms with Crippen LogP contribution in [0.2, 0.25) is 0 Å². The van der Waals surface area contributed by atoms with Crippen LogP contribution < -0.4 is 0 Å². The van der Waals surface area contributed by atoms with E-state index in [4.69, 9.17) is 4.55 Å². The number of carbonyl (C=O) groups excluding carboxylic acids is 3. The lowest BCUT2D eigenvalue weighted by molar-refractivity contribution is -0.172. The summed E-state index contributed by atoms with van der Waals surface area (Å²) in [6.07, 6.45) is -0.764. The van der Waals surface area contributed by atoms with Crippen molar-refractivity contribution in [2.75, 3.05) is 0 Å². The number of hydrogen-bond acceptors (Lipinski definition) is 6. The van der Waals surface area contributed by atoms with E-state index in [2.05, 4.69) is 4.84 Å². The van der Waals surface area contributed by atoms with Crippen LogP contribution in [-0.2, 0) is 24.5 Å². The lowest BCUT2D eigenvalue weighted by Gasteiger charge is -2.13. The maximum absolute atomic E-state index is 11.7. The Morgan fingerprint density at radius 3 is 2.35 bits per heavy atom. The Bertz CT molecular complexity index is 667. The van der Waals surface area contributed by atoms with Crippen LogP contribution in [-0.4, -0.2) is 41.1 Å². The van der Waals surface area contributed by atoms with E-state index in [1.807, 2.05) is 0 Å². The molecule has 1 heterocycles. The van der Waals surface area contributed by atoms with Gasteiger partial charge in [-0.1, -0.05) is 18.2 Å². The summed E-state index contributed by atoms with van der Waals surface area (Å²) in [5.41, 5.74) is 0.0865. The third-order valence-corrected chi connectivity index (χ3v) is 3.69. The van der Waals surface area contributed by atoms with Gasteiger partial charge in [0, 0.05) is 0 Å². The third-order valence-electron chi connectivity index (χ3n) is 2.61. The summed E-state index contributed by atoms with van der Waals surface area (Å²) >= 11 is 0. The number of rotatable bonds is 3. The molecule has 1 aliphatic heterocycles. The lowest BCUT2D eigenvalue weighted by atomic mass is 10.2. The molecule has 1 atom stereocenters. The van der Waals surface area contributed by atoms with Crippen LogP contribution in [0.1, 0.15) is 16.8 Å². The van der Waals surface area contributed by atoms with Crippen molar-refractivity contribution >= 4 is 27.9 Å². The summed E-state index contributed by atoms with van der Waals surface area (Å²) in [6.45, 7) is 0. The molecule has 1 N–H and O–H groups in total. The predicted octanol–water partition coefficient (Wildman–Crippen LogP) is -0.226. The van der Waals surface area contributed by atoms with E-state index in [9.17, 15) is 22.8 Å². The van der Waals surface area contributed by atoms with Crippen molar-refractivity contribution in [1.29, 1.82) is 0 Å². The largest absolute Gasteiger partial charge is 0.363 e. The first-order valence-electron chi connectivity index (χ1n) is 5.41. The van der Waals surface area contributed by atoms with Crippen molar-refractivity contribution in [2.45, 2.75) is 11.7 Å². The number of hydroxylamine groups is 2. The van der Waals surface area contributed by atoms with Crippen molar-refractivity contribution in [1.82, 2.24) is 5.06 Å². The zero-order chi connectivity index (χ0) is 14.9. The van der Waals surface area contributed by atoms with Gasteiger partial charge in [-0.3, -0.25) is 14.1 Å². The monoisotopic (exact) mass is 299 g/mol. The minimum absolute atomic E-state index is 0.0633. The first-order valence-corrected chi connectivity index (χ1v) is 6.91. The fourth-order valence-electron chi connectivity index (χ4n) is 1.62. The van der Waals surface area contributed by atoms with Gasteiger partial charge in [0.1, 0.15) is 0 Å². The van der Waals surface area contributed by atoms with Gasteiger partial charge in [0.2, 0.25) is 0 Å². The van der Waals surface area contributed by atoms with Crippen LogP contribution in [0.15, 0.2) is 30.3 Å². The Morgan fingerprint density at radius 2 is 1.85 bits per heavy atom. The van der Waals surface area contributed by atoms with E-state index < -0.39 is 39.6 Å². The van der Waals surface area contributed by atoms with Crippen molar-refractivity contribution in [3.05, 3.63) is 35.9 Å². The molecule has 1 aromatic rings. The van der Waals surface area contributed by atoms with Crippen LogP contribution in [0.25, 0.3) is 0 Å². The van der Waals surface area contributed by atoms with Gasteiger partial charge < -0.3 is 4.84 Å². The highest BCUT2D eigenvalue weighted by Crippen LogP contribution is 2.20. The molecule has 1 saturated heterocycles. The molecule has 1 aliphatic rings. The highest BCUT2D eigenvalue weighted by atomic mass is 32.2. The molecular formula is C11H9NO7S. The maximum Gasteiger partial charge on any atom is 0.363 e. The van der Waals surface area contributed by atoms with E-state index >= 15 is 0 Å². The molecule has 0 aliphatic carbocycles. The highest BCUT2D eigenvalue weighted by molar-refractivity contribution is 7.87. The standard InChI is InChI=1S/C11H9NO7S/c13-9-6-8(20(16,17)18)10(14)12(9)19-11(15)7-4-2-1-3-5-7/h1-5,8H,6H2,(H,16,17,18).